The number of imidazole rings is 1. The fourth-order valence-electron chi connectivity index (χ4n) is 2.77. The summed E-state index contributed by atoms with van der Waals surface area (Å²) in [6.07, 6.45) is 3.74. The van der Waals surface area contributed by atoms with Crippen LogP contribution in [-0.2, 0) is 11.3 Å². The van der Waals surface area contributed by atoms with E-state index >= 15 is 0 Å². The quantitative estimate of drug-likeness (QED) is 0.389. The first-order valence-electron chi connectivity index (χ1n) is 8.98. The Kier molecular flexibility index (Phi) is 6.68. The molecule has 1 heterocycles. The first-order valence-corrected chi connectivity index (χ1v) is 8.98. The zero-order valence-electron chi connectivity index (χ0n) is 16.1. The van der Waals surface area contributed by atoms with Gasteiger partial charge in [0, 0.05) is 29.2 Å². The van der Waals surface area contributed by atoms with Gasteiger partial charge in [-0.15, -0.1) is 0 Å². The second-order valence-electron chi connectivity index (χ2n) is 6.39. The number of alkyl halides is 3. The van der Waals surface area contributed by atoms with Crippen LogP contribution in [0.3, 0.4) is 0 Å². The molecule has 0 saturated heterocycles. The van der Waals surface area contributed by atoms with Crippen molar-refractivity contribution in [2.45, 2.75) is 12.8 Å². The normalized spacial score (nSPS) is 11.7. The molecule has 3 aromatic rings. The van der Waals surface area contributed by atoms with Crippen LogP contribution in [0.25, 0.3) is 11.8 Å². The summed E-state index contributed by atoms with van der Waals surface area (Å²) in [7, 11) is 1.43. The van der Waals surface area contributed by atoms with E-state index in [0.29, 0.717) is 22.4 Å². The van der Waals surface area contributed by atoms with Crippen LogP contribution < -0.4 is 4.74 Å². The van der Waals surface area contributed by atoms with Crippen LogP contribution in [0.15, 0.2) is 67.3 Å². The van der Waals surface area contributed by atoms with E-state index in [2.05, 4.69) is 4.98 Å². The second-order valence-corrected chi connectivity index (χ2v) is 6.39. The molecule has 0 amide bonds. The van der Waals surface area contributed by atoms with Crippen molar-refractivity contribution in [2.24, 2.45) is 0 Å². The van der Waals surface area contributed by atoms with Crippen LogP contribution in [0.4, 0.5) is 13.2 Å². The maximum atomic E-state index is 12.4. The minimum Gasteiger partial charge on any atom is -0.496 e. The maximum Gasteiger partial charge on any atom is 0.411 e. The third-order valence-electron chi connectivity index (χ3n) is 4.21. The fourth-order valence-corrected chi connectivity index (χ4v) is 2.77. The molecule has 0 radical (unpaired) electrons. The smallest absolute Gasteiger partial charge is 0.411 e. The summed E-state index contributed by atoms with van der Waals surface area (Å²) in [5.74, 6) is 0.216. The van der Waals surface area contributed by atoms with E-state index in [0.717, 1.165) is 5.69 Å². The van der Waals surface area contributed by atoms with Gasteiger partial charge in [0.15, 0.2) is 5.78 Å². The third kappa shape index (κ3) is 5.81. The van der Waals surface area contributed by atoms with E-state index < -0.39 is 12.8 Å². The molecular weight excluding hydrogens is 397 g/mol. The standard InChI is InChI=1S/C22H19F3N2O3/c1-29-21-9-3-16(12-18(21)13-30-14-22(23,24)25)2-8-20(28)17-4-6-19(7-5-17)27-11-10-26-15-27/h2-12,15H,13-14H2,1H3/b8-2+. The van der Waals surface area contributed by atoms with Crippen molar-refractivity contribution in [1.82, 2.24) is 9.55 Å². The number of nitrogens with zero attached hydrogens (tertiary/aromatic N) is 2. The highest BCUT2D eigenvalue weighted by atomic mass is 19.4. The number of methoxy groups -OCH3 is 1. The average Bonchev–Trinajstić information content (AvgIpc) is 3.26. The molecule has 0 saturated carbocycles. The third-order valence-corrected chi connectivity index (χ3v) is 4.21. The average molecular weight is 416 g/mol. The van der Waals surface area contributed by atoms with Crippen LogP contribution in [0, 0.1) is 0 Å². The highest BCUT2D eigenvalue weighted by molar-refractivity contribution is 6.06. The molecule has 30 heavy (non-hydrogen) atoms. The number of ether oxygens (including phenoxy) is 2. The Bertz CT molecular complexity index is 1010. The molecule has 156 valence electrons. The summed E-state index contributed by atoms with van der Waals surface area (Å²) in [5.41, 5.74) is 2.50. The summed E-state index contributed by atoms with van der Waals surface area (Å²) in [5, 5.41) is 0. The molecule has 0 N–H and O–H groups in total. The van der Waals surface area contributed by atoms with Gasteiger partial charge in [-0.05, 0) is 48.0 Å². The summed E-state index contributed by atoms with van der Waals surface area (Å²) >= 11 is 0. The minimum absolute atomic E-state index is 0.196. The van der Waals surface area contributed by atoms with Gasteiger partial charge in [0.1, 0.15) is 12.4 Å². The van der Waals surface area contributed by atoms with Crippen molar-refractivity contribution in [2.75, 3.05) is 13.7 Å². The number of hydrogen-bond donors (Lipinski definition) is 0. The van der Waals surface area contributed by atoms with E-state index in [-0.39, 0.29) is 12.4 Å². The number of hydrogen-bond acceptors (Lipinski definition) is 4. The predicted molar refractivity (Wildman–Crippen MR) is 106 cm³/mol. The van der Waals surface area contributed by atoms with Crippen molar-refractivity contribution in [3.05, 3.63) is 84.0 Å². The lowest BCUT2D eigenvalue weighted by atomic mass is 10.1. The van der Waals surface area contributed by atoms with Crippen LogP contribution in [0.2, 0.25) is 0 Å². The molecule has 0 atom stereocenters. The van der Waals surface area contributed by atoms with Crippen molar-refractivity contribution in [1.29, 1.82) is 0 Å². The monoisotopic (exact) mass is 416 g/mol. The summed E-state index contributed by atoms with van der Waals surface area (Å²) < 4.78 is 48.6. The lowest BCUT2D eigenvalue weighted by Crippen LogP contribution is -2.16. The van der Waals surface area contributed by atoms with E-state index in [1.165, 1.54) is 13.2 Å². The number of halogens is 3. The number of allylic oxidation sites excluding steroid dienone is 1. The van der Waals surface area contributed by atoms with Gasteiger partial charge in [-0.2, -0.15) is 13.2 Å². The van der Waals surface area contributed by atoms with Gasteiger partial charge in [-0.3, -0.25) is 4.79 Å². The van der Waals surface area contributed by atoms with E-state index in [1.807, 2.05) is 16.7 Å². The molecule has 0 aliphatic heterocycles. The molecule has 8 heteroatoms. The Balaban J connectivity index is 1.68. The van der Waals surface area contributed by atoms with E-state index in [1.54, 1.807) is 55.1 Å². The molecule has 3 rings (SSSR count). The Hall–Kier alpha value is -3.39. The van der Waals surface area contributed by atoms with Crippen LogP contribution in [0.1, 0.15) is 21.5 Å². The SMILES string of the molecule is COc1ccc(/C=C/C(=O)c2ccc(-n3ccnc3)cc2)cc1COCC(F)(F)F. The summed E-state index contributed by atoms with van der Waals surface area (Å²) in [6.45, 7) is -1.60. The van der Waals surface area contributed by atoms with E-state index in [4.69, 9.17) is 9.47 Å². The van der Waals surface area contributed by atoms with Crippen molar-refractivity contribution >= 4 is 11.9 Å². The first kappa shape index (κ1) is 21.3. The zero-order valence-corrected chi connectivity index (χ0v) is 16.1. The number of benzene rings is 2. The first-order chi connectivity index (χ1) is 14.4. The predicted octanol–water partition coefficient (Wildman–Crippen LogP) is 4.86. The molecule has 0 spiro atoms. The summed E-state index contributed by atoms with van der Waals surface area (Å²) in [4.78, 5) is 16.4. The van der Waals surface area contributed by atoms with E-state index in [9.17, 15) is 18.0 Å². The summed E-state index contributed by atoms with van der Waals surface area (Å²) in [6, 6.07) is 12.0. The highest BCUT2D eigenvalue weighted by Gasteiger charge is 2.27. The van der Waals surface area contributed by atoms with Gasteiger partial charge >= 0.3 is 6.18 Å². The van der Waals surface area contributed by atoms with Gasteiger partial charge in [-0.25, -0.2) is 4.98 Å². The Morgan fingerprint density at radius 2 is 1.93 bits per heavy atom. The number of carbonyl (C=O) groups is 1. The molecule has 2 aromatic carbocycles. The number of ketones is 1. The fraction of sp³-hybridized carbons (Fsp3) is 0.182. The maximum absolute atomic E-state index is 12.4. The molecule has 0 unspecified atom stereocenters. The number of rotatable bonds is 8. The molecule has 0 aliphatic rings. The van der Waals surface area contributed by atoms with Crippen molar-refractivity contribution in [3.63, 3.8) is 0 Å². The second kappa shape index (κ2) is 9.41. The molecule has 0 aliphatic carbocycles. The van der Waals surface area contributed by atoms with Crippen molar-refractivity contribution in [3.8, 4) is 11.4 Å². The largest absolute Gasteiger partial charge is 0.496 e. The lowest BCUT2D eigenvalue weighted by molar-refractivity contribution is -0.176. The topological polar surface area (TPSA) is 53.4 Å². The van der Waals surface area contributed by atoms with Crippen molar-refractivity contribution < 1.29 is 27.4 Å². The van der Waals surface area contributed by atoms with Crippen LogP contribution >= 0.6 is 0 Å². The lowest BCUT2D eigenvalue weighted by Gasteiger charge is -2.11. The highest BCUT2D eigenvalue weighted by Crippen LogP contribution is 2.23. The molecule has 1 aromatic heterocycles. The Labute approximate surface area is 171 Å². The van der Waals surface area contributed by atoms with Crippen LogP contribution in [0.5, 0.6) is 5.75 Å². The Morgan fingerprint density at radius 1 is 1.17 bits per heavy atom. The van der Waals surface area contributed by atoms with Gasteiger partial charge in [-0.1, -0.05) is 12.1 Å². The Morgan fingerprint density at radius 3 is 2.57 bits per heavy atom. The minimum atomic E-state index is -4.40. The van der Waals surface area contributed by atoms with Gasteiger partial charge < -0.3 is 14.0 Å². The van der Waals surface area contributed by atoms with Gasteiger partial charge in [0.2, 0.25) is 0 Å². The molecule has 0 bridgehead atoms. The number of aromatic nitrogens is 2. The van der Waals surface area contributed by atoms with Gasteiger partial charge in [0.25, 0.3) is 0 Å². The molecule has 0 fully saturated rings. The zero-order chi connectivity index (χ0) is 21.6. The van der Waals surface area contributed by atoms with Gasteiger partial charge in [0.05, 0.1) is 20.0 Å². The van der Waals surface area contributed by atoms with Crippen LogP contribution in [-0.4, -0.2) is 35.2 Å². The molecule has 5 nitrogen and oxygen atoms in total. The molecular formula is C22H19F3N2O3. The number of carbonyl (C=O) groups excluding carboxylic acids is 1.